The van der Waals surface area contributed by atoms with Gasteiger partial charge >= 0.3 is 17.1 Å². The molecule has 4 unspecified atom stereocenters. The van der Waals surface area contributed by atoms with Gasteiger partial charge in [-0.1, -0.05) is 14.9 Å². The summed E-state index contributed by atoms with van der Waals surface area (Å²) in [5.74, 6) is 3.24. The van der Waals surface area contributed by atoms with Crippen LogP contribution in [0.5, 0.6) is 86.2 Å². The highest BCUT2D eigenvalue weighted by Crippen LogP contribution is 2.46. The summed E-state index contributed by atoms with van der Waals surface area (Å²) in [5.41, 5.74) is 11.4. The van der Waals surface area contributed by atoms with Crippen molar-refractivity contribution in [2.45, 2.75) is 39.3 Å². The molecule has 0 aliphatic carbocycles. The van der Waals surface area contributed by atoms with Crippen LogP contribution in [0.3, 0.4) is 0 Å². The van der Waals surface area contributed by atoms with Crippen LogP contribution in [0.25, 0.3) is 0 Å². The highest BCUT2D eigenvalue weighted by Gasteiger charge is 2.32. The maximum atomic E-state index is 10.9. The first kappa shape index (κ1) is 64.0. The van der Waals surface area contributed by atoms with E-state index < -0.39 is 44.2 Å². The van der Waals surface area contributed by atoms with Crippen LogP contribution in [0.2, 0.25) is 0 Å². The van der Waals surface area contributed by atoms with Gasteiger partial charge < -0.3 is 104 Å². The average Bonchev–Trinajstić information content (AvgIpc) is 3.48. The van der Waals surface area contributed by atoms with E-state index in [1.807, 2.05) is 0 Å². The summed E-state index contributed by atoms with van der Waals surface area (Å²) < 4.78 is 67.5. The van der Waals surface area contributed by atoms with Crippen molar-refractivity contribution in [3.05, 3.63) is 91.0 Å². The highest BCUT2D eigenvalue weighted by molar-refractivity contribution is 5.66. The number of nitro groups is 3. The van der Waals surface area contributed by atoms with Crippen LogP contribution in [-0.4, -0.2) is 158 Å². The number of rotatable bonds is 12. The van der Waals surface area contributed by atoms with E-state index in [4.69, 9.17) is 98.9 Å². The Morgan fingerprint density at radius 3 is 1.19 bits per heavy atom. The molecule has 4 heterocycles. The van der Waals surface area contributed by atoms with E-state index in [-0.39, 0.29) is 107 Å². The molecule has 0 amide bonds. The lowest BCUT2D eigenvalue weighted by Gasteiger charge is -2.26. The number of nitrogens with zero attached hydrogens (tertiary/aromatic N) is 3. The molecule has 0 aromatic heterocycles. The number of hydrogen-bond donors (Lipinski definition) is 8. The third kappa shape index (κ3) is 16.4. The predicted octanol–water partition coefficient (Wildman–Crippen LogP) is 4.58. The quantitative estimate of drug-likeness (QED) is 0.0367. The Morgan fingerprint density at radius 2 is 0.759 bits per heavy atom. The van der Waals surface area contributed by atoms with Gasteiger partial charge in [0.1, 0.15) is 55.2 Å². The summed E-state index contributed by atoms with van der Waals surface area (Å²) in [5, 5.41) is 85.9. The largest absolute Gasteiger partial charge is 0.504 e. The molecule has 10 N–H and O–H groups in total. The molecule has 0 spiro atoms. The number of aromatic hydroxyl groups is 2. The Labute approximate surface area is 450 Å². The third-order valence-corrected chi connectivity index (χ3v) is 10.6. The fourth-order valence-corrected chi connectivity index (χ4v) is 6.74. The normalized spacial score (nSPS) is 16.3. The van der Waals surface area contributed by atoms with Crippen LogP contribution in [0.1, 0.15) is 14.9 Å². The Hall–Kier alpha value is -9.26. The van der Waals surface area contributed by atoms with Crippen molar-refractivity contribution in [3.63, 3.8) is 0 Å². The minimum atomic E-state index is -0.808. The lowest BCUT2D eigenvalue weighted by Crippen LogP contribution is -2.32. The van der Waals surface area contributed by atoms with Gasteiger partial charge in [0.2, 0.25) is 17.2 Å². The van der Waals surface area contributed by atoms with Crippen LogP contribution >= 0.6 is 0 Å². The van der Waals surface area contributed by atoms with E-state index >= 15 is 0 Å². The van der Waals surface area contributed by atoms with E-state index in [9.17, 15) is 30.3 Å². The van der Waals surface area contributed by atoms with E-state index in [1.165, 1.54) is 45.6 Å². The second-order valence-corrected chi connectivity index (χ2v) is 15.8. The highest BCUT2D eigenvalue weighted by atomic mass is 16.7. The van der Waals surface area contributed by atoms with Crippen LogP contribution in [0.4, 0.5) is 28.4 Å². The standard InChI is InChI=1S/2C10H11NO6.2C10H13NO4.C7H7NO5.2CH4/c1-15-6-2-8(11(13)14)10-9(3-6)17-7(4-12)5-16-10;1-15-6-2-8(11(13)14)10-9(3-6)16-5-7(4-12)17-10;1-13-6-2-8(11)10-9(3-6)15-7(4-12)5-14-10;1-13-6-2-8(11)10-9(3-6)14-5-7(4-12)15-10;1-13-4-2-5(8(11)12)7(10)6(9)3-4;;/h2*2-3,7,12H,4-5H2,1H3;2*2-3,7,12H,4-5,11H2,1H3;2-3,9-10H,1H3;2*1H4. The maximum Gasteiger partial charge on any atom is 0.318 e. The molecular formula is C49H63N5O25. The number of aliphatic hydroxyl groups is 4. The van der Waals surface area contributed by atoms with Gasteiger partial charge in [0.15, 0.2) is 64.7 Å². The maximum absolute atomic E-state index is 10.9. The third-order valence-electron chi connectivity index (χ3n) is 10.6. The molecule has 5 aromatic carbocycles. The molecule has 434 valence electrons. The summed E-state index contributed by atoms with van der Waals surface area (Å²) in [4.78, 5) is 30.1. The van der Waals surface area contributed by atoms with Crippen molar-refractivity contribution in [1.29, 1.82) is 0 Å². The molecule has 0 saturated carbocycles. The zero-order valence-corrected chi connectivity index (χ0v) is 41.7. The summed E-state index contributed by atoms with van der Waals surface area (Å²) in [6.45, 7) is 0.190. The van der Waals surface area contributed by atoms with Gasteiger partial charge in [0.05, 0.1) is 106 Å². The number of ether oxygens (including phenoxy) is 13. The first-order valence-corrected chi connectivity index (χ1v) is 22.4. The molecule has 4 aliphatic rings. The SMILES string of the molecule is C.C.COc1cc(N)c2c(c1)OC(CO)CO2.COc1cc(N)c2c(c1)OCC(CO)O2.COc1cc(O)c(O)c([N+](=O)[O-])c1.COc1cc2c(c([N+](=O)[O-])c1)OC(CO)CO2.COc1cc2c(c([N+](=O)[O-])c1)OCC(CO)O2. The van der Waals surface area contributed by atoms with Gasteiger partial charge in [-0.3, -0.25) is 30.3 Å². The van der Waals surface area contributed by atoms with Crippen LogP contribution in [-0.2, 0) is 0 Å². The van der Waals surface area contributed by atoms with E-state index in [0.717, 1.165) is 12.1 Å². The van der Waals surface area contributed by atoms with Crippen molar-refractivity contribution < 1.29 is 107 Å². The first-order valence-electron chi connectivity index (χ1n) is 22.4. The van der Waals surface area contributed by atoms with Gasteiger partial charge in [-0.05, 0) is 0 Å². The van der Waals surface area contributed by atoms with E-state index in [1.54, 1.807) is 38.5 Å². The number of anilines is 2. The van der Waals surface area contributed by atoms with Crippen molar-refractivity contribution in [2.24, 2.45) is 0 Å². The molecule has 30 nitrogen and oxygen atoms in total. The topological polar surface area (TPSA) is 423 Å². The fourth-order valence-electron chi connectivity index (χ4n) is 6.74. The minimum absolute atomic E-state index is 0. The molecular weight excluding hydrogens is 1060 g/mol. The molecule has 0 saturated heterocycles. The number of methoxy groups -OCH3 is 5. The molecule has 0 bridgehead atoms. The van der Waals surface area contributed by atoms with Crippen LogP contribution in [0.15, 0.2) is 60.7 Å². The summed E-state index contributed by atoms with van der Waals surface area (Å²) in [6, 6.07) is 14.3. The zero-order valence-electron chi connectivity index (χ0n) is 41.7. The van der Waals surface area contributed by atoms with Crippen LogP contribution < -0.4 is 73.0 Å². The van der Waals surface area contributed by atoms with E-state index in [2.05, 4.69) is 4.74 Å². The van der Waals surface area contributed by atoms with Crippen LogP contribution in [0, 0.1) is 30.3 Å². The summed E-state index contributed by atoms with van der Waals surface area (Å²) >= 11 is 0. The van der Waals surface area contributed by atoms with E-state index in [0.29, 0.717) is 70.6 Å². The number of benzene rings is 5. The molecule has 9 rings (SSSR count). The Kier molecular flexibility index (Phi) is 24.2. The molecule has 0 fully saturated rings. The molecule has 30 heteroatoms. The van der Waals surface area contributed by atoms with Gasteiger partial charge in [-0.15, -0.1) is 0 Å². The average molecular weight is 1120 g/mol. The van der Waals surface area contributed by atoms with Crippen molar-refractivity contribution >= 4 is 28.4 Å². The van der Waals surface area contributed by atoms with Gasteiger partial charge in [-0.25, -0.2) is 0 Å². The Bertz CT molecular complexity index is 2860. The molecule has 79 heavy (non-hydrogen) atoms. The van der Waals surface area contributed by atoms with Gasteiger partial charge in [0, 0.05) is 42.5 Å². The number of phenols is 2. The molecule has 4 atom stereocenters. The molecule has 5 aromatic rings. The Balaban J connectivity index is 0.000000259. The number of nitrogens with two attached hydrogens (primary N) is 2. The number of phenolic OH excluding ortho intramolecular Hbond substituents is 2. The second-order valence-electron chi connectivity index (χ2n) is 15.8. The number of aliphatic hydroxyl groups excluding tert-OH is 4. The molecule has 0 radical (unpaired) electrons. The fraction of sp³-hybridized carbons (Fsp3) is 0.388. The zero-order chi connectivity index (χ0) is 56.5. The minimum Gasteiger partial charge on any atom is -0.504 e. The number of nitro benzene ring substituents is 3. The van der Waals surface area contributed by atoms with Crippen molar-refractivity contribution in [1.82, 2.24) is 0 Å². The Morgan fingerprint density at radius 1 is 0.443 bits per heavy atom. The number of hydrogen-bond acceptors (Lipinski definition) is 27. The predicted molar refractivity (Wildman–Crippen MR) is 279 cm³/mol. The number of fused-ring (bicyclic) bond motifs is 4. The monoisotopic (exact) mass is 1120 g/mol. The molecule has 4 aliphatic heterocycles. The lowest BCUT2D eigenvalue weighted by molar-refractivity contribution is -0.386. The first-order chi connectivity index (χ1) is 36.8. The number of nitrogen functional groups attached to an aromatic ring is 2. The lowest BCUT2D eigenvalue weighted by atomic mass is 10.2. The van der Waals surface area contributed by atoms with Crippen molar-refractivity contribution in [3.8, 4) is 86.2 Å². The second kappa shape index (κ2) is 29.9. The van der Waals surface area contributed by atoms with Crippen molar-refractivity contribution in [2.75, 3.05) is 99.9 Å². The smallest absolute Gasteiger partial charge is 0.318 e. The summed E-state index contributed by atoms with van der Waals surface area (Å²) in [7, 11) is 7.22. The van der Waals surface area contributed by atoms with Gasteiger partial charge in [-0.2, -0.15) is 0 Å². The summed E-state index contributed by atoms with van der Waals surface area (Å²) in [6.07, 6.45) is -1.80. The van der Waals surface area contributed by atoms with Gasteiger partial charge in [0.25, 0.3) is 0 Å².